The van der Waals surface area contributed by atoms with Gasteiger partial charge in [0.15, 0.2) is 14.9 Å². The van der Waals surface area contributed by atoms with Gasteiger partial charge in [-0.3, -0.25) is 4.68 Å². The van der Waals surface area contributed by atoms with E-state index in [0.717, 1.165) is 22.6 Å². The van der Waals surface area contributed by atoms with E-state index >= 15 is 0 Å². The molecule has 28 heavy (non-hydrogen) atoms. The lowest BCUT2D eigenvalue weighted by Gasteiger charge is -2.22. The smallest absolute Gasteiger partial charge is 0.173 e. The molecule has 0 bridgehead atoms. The third kappa shape index (κ3) is 4.55. The molecule has 0 amide bonds. The molecular formula is C20H28N4O2S2. The Hall–Kier alpha value is -1.93. The van der Waals surface area contributed by atoms with Crippen molar-refractivity contribution in [3.05, 3.63) is 46.3 Å². The summed E-state index contributed by atoms with van der Waals surface area (Å²) in [5, 5.41) is 8.58. The second kappa shape index (κ2) is 7.83. The van der Waals surface area contributed by atoms with Crippen LogP contribution in [0.1, 0.15) is 40.5 Å². The highest BCUT2D eigenvalue weighted by atomic mass is 32.2. The van der Waals surface area contributed by atoms with Gasteiger partial charge in [0.2, 0.25) is 0 Å². The van der Waals surface area contributed by atoms with Gasteiger partial charge in [-0.25, -0.2) is 8.42 Å². The summed E-state index contributed by atoms with van der Waals surface area (Å²) in [4.78, 5) is 1.99. The van der Waals surface area contributed by atoms with Crippen molar-refractivity contribution in [2.24, 2.45) is 0 Å². The van der Waals surface area contributed by atoms with Crippen LogP contribution in [0, 0.1) is 27.7 Å². The first-order chi connectivity index (χ1) is 13.1. The SMILES string of the molecule is Cc1cc(C)cc(NC(=S)N(C)Cc2c(C)nn([C@H]3CCS(=O)(=O)C3)c2C)c1. The number of aryl methyl sites for hydroxylation is 3. The first-order valence-electron chi connectivity index (χ1n) is 9.41. The van der Waals surface area contributed by atoms with E-state index in [2.05, 4.69) is 42.5 Å². The molecule has 0 saturated carbocycles. The number of thiocarbonyl (C=S) groups is 1. The Morgan fingerprint density at radius 2 is 1.89 bits per heavy atom. The average Bonchev–Trinajstić information content (AvgIpc) is 3.07. The third-order valence-corrected chi connectivity index (χ3v) is 7.41. The second-order valence-electron chi connectivity index (χ2n) is 7.81. The van der Waals surface area contributed by atoms with Crippen molar-refractivity contribution in [2.45, 2.75) is 46.7 Å². The third-order valence-electron chi connectivity index (χ3n) is 5.24. The number of aromatic nitrogens is 2. The van der Waals surface area contributed by atoms with E-state index in [-0.39, 0.29) is 17.5 Å². The van der Waals surface area contributed by atoms with Crippen molar-refractivity contribution < 1.29 is 8.42 Å². The van der Waals surface area contributed by atoms with Gasteiger partial charge < -0.3 is 10.2 Å². The number of benzene rings is 1. The van der Waals surface area contributed by atoms with Crippen molar-refractivity contribution >= 4 is 32.9 Å². The molecule has 8 heteroatoms. The Kier molecular flexibility index (Phi) is 5.82. The van der Waals surface area contributed by atoms with E-state index in [1.165, 1.54) is 11.1 Å². The number of hydrogen-bond acceptors (Lipinski definition) is 4. The van der Waals surface area contributed by atoms with Crippen LogP contribution in [0.3, 0.4) is 0 Å². The molecule has 2 aromatic rings. The highest BCUT2D eigenvalue weighted by molar-refractivity contribution is 7.91. The molecule has 0 unspecified atom stereocenters. The lowest BCUT2D eigenvalue weighted by Crippen LogP contribution is -2.31. The Labute approximate surface area is 172 Å². The molecule has 3 rings (SSSR count). The molecule has 0 spiro atoms. The normalized spacial score (nSPS) is 18.2. The van der Waals surface area contributed by atoms with Gasteiger partial charge in [0.25, 0.3) is 0 Å². The molecule has 1 N–H and O–H groups in total. The van der Waals surface area contributed by atoms with Crippen LogP contribution in [0.15, 0.2) is 18.2 Å². The lowest BCUT2D eigenvalue weighted by atomic mass is 10.1. The lowest BCUT2D eigenvalue weighted by molar-refractivity contribution is 0.479. The second-order valence-corrected chi connectivity index (χ2v) is 10.4. The van der Waals surface area contributed by atoms with E-state index in [0.29, 0.717) is 18.1 Å². The number of anilines is 1. The topological polar surface area (TPSA) is 67.2 Å². The standard InChI is InChI=1S/C20H28N4O2S2/c1-13-8-14(2)10-17(9-13)21-20(27)23(5)11-19-15(3)22-24(16(19)4)18-6-7-28(25,26)12-18/h8-10,18H,6-7,11-12H2,1-5H3,(H,21,27)/t18-/m0/s1. The van der Waals surface area contributed by atoms with Crippen LogP contribution in [0.5, 0.6) is 0 Å². The van der Waals surface area contributed by atoms with Crippen molar-refractivity contribution in [3.63, 3.8) is 0 Å². The molecule has 1 aromatic carbocycles. The van der Waals surface area contributed by atoms with Crippen LogP contribution in [0.2, 0.25) is 0 Å². The fourth-order valence-electron chi connectivity index (χ4n) is 3.82. The van der Waals surface area contributed by atoms with Crippen molar-refractivity contribution in [1.82, 2.24) is 14.7 Å². The zero-order valence-corrected chi connectivity index (χ0v) is 18.7. The van der Waals surface area contributed by atoms with Gasteiger partial charge in [0.05, 0.1) is 23.2 Å². The fraction of sp³-hybridized carbons (Fsp3) is 0.500. The monoisotopic (exact) mass is 420 g/mol. The predicted octanol–water partition coefficient (Wildman–Crippen LogP) is 3.31. The van der Waals surface area contributed by atoms with Gasteiger partial charge >= 0.3 is 0 Å². The zero-order valence-electron chi connectivity index (χ0n) is 17.1. The number of nitrogens with zero attached hydrogens (tertiary/aromatic N) is 3. The predicted molar refractivity (Wildman–Crippen MR) is 118 cm³/mol. The van der Waals surface area contributed by atoms with Crippen LogP contribution in [-0.4, -0.2) is 46.8 Å². The largest absolute Gasteiger partial charge is 0.348 e. The molecule has 0 aliphatic carbocycles. The summed E-state index contributed by atoms with van der Waals surface area (Å²) in [5.41, 5.74) is 6.38. The molecule has 0 radical (unpaired) electrons. The number of sulfone groups is 1. The van der Waals surface area contributed by atoms with Gasteiger partial charge in [0.1, 0.15) is 0 Å². The molecule has 152 valence electrons. The molecule has 1 aliphatic rings. The molecule has 1 aliphatic heterocycles. The van der Waals surface area contributed by atoms with Gasteiger partial charge in [-0.2, -0.15) is 5.10 Å². The summed E-state index contributed by atoms with van der Waals surface area (Å²) in [6.07, 6.45) is 0.631. The van der Waals surface area contributed by atoms with Crippen LogP contribution in [0.25, 0.3) is 0 Å². The maximum Gasteiger partial charge on any atom is 0.173 e. The van der Waals surface area contributed by atoms with Gasteiger partial charge in [-0.05, 0) is 69.6 Å². The summed E-state index contributed by atoms with van der Waals surface area (Å²) in [5.74, 6) is 0.423. The Balaban J connectivity index is 1.73. The maximum atomic E-state index is 11.8. The van der Waals surface area contributed by atoms with E-state index in [1.807, 2.05) is 30.5 Å². The quantitative estimate of drug-likeness (QED) is 0.766. The molecule has 1 fully saturated rings. The Morgan fingerprint density at radius 3 is 2.46 bits per heavy atom. The van der Waals surface area contributed by atoms with Crippen LogP contribution >= 0.6 is 12.2 Å². The van der Waals surface area contributed by atoms with Gasteiger partial charge in [-0.1, -0.05) is 6.07 Å². The number of hydrogen-bond donors (Lipinski definition) is 1. The highest BCUT2D eigenvalue weighted by Crippen LogP contribution is 2.27. The Morgan fingerprint density at radius 1 is 1.25 bits per heavy atom. The van der Waals surface area contributed by atoms with E-state index in [4.69, 9.17) is 12.2 Å². The van der Waals surface area contributed by atoms with Crippen molar-refractivity contribution in [3.8, 4) is 0 Å². The van der Waals surface area contributed by atoms with Crippen molar-refractivity contribution in [2.75, 3.05) is 23.9 Å². The molecule has 2 heterocycles. The van der Waals surface area contributed by atoms with E-state index in [9.17, 15) is 8.42 Å². The minimum absolute atomic E-state index is 0.0666. The summed E-state index contributed by atoms with van der Waals surface area (Å²) in [6.45, 7) is 8.73. The van der Waals surface area contributed by atoms with Crippen LogP contribution in [0.4, 0.5) is 5.69 Å². The highest BCUT2D eigenvalue weighted by Gasteiger charge is 2.31. The van der Waals surface area contributed by atoms with E-state index < -0.39 is 9.84 Å². The minimum Gasteiger partial charge on any atom is -0.348 e. The van der Waals surface area contributed by atoms with Gasteiger partial charge in [0, 0.05) is 30.5 Å². The molecule has 6 nitrogen and oxygen atoms in total. The minimum atomic E-state index is -2.94. The zero-order chi connectivity index (χ0) is 20.6. The summed E-state index contributed by atoms with van der Waals surface area (Å²) >= 11 is 5.58. The van der Waals surface area contributed by atoms with Crippen molar-refractivity contribution in [1.29, 1.82) is 0 Å². The molecule has 1 aromatic heterocycles. The first-order valence-corrected chi connectivity index (χ1v) is 11.6. The summed E-state index contributed by atoms with van der Waals surface area (Å²) in [6, 6.07) is 6.20. The molecule has 1 saturated heterocycles. The molecular weight excluding hydrogens is 392 g/mol. The average molecular weight is 421 g/mol. The maximum absolute atomic E-state index is 11.8. The Bertz CT molecular complexity index is 991. The van der Waals surface area contributed by atoms with Crippen LogP contribution < -0.4 is 5.32 Å². The van der Waals surface area contributed by atoms with Gasteiger partial charge in [-0.15, -0.1) is 0 Å². The summed E-state index contributed by atoms with van der Waals surface area (Å²) < 4.78 is 25.6. The first kappa shape index (κ1) is 20.8. The number of rotatable bonds is 4. The fourth-order valence-corrected chi connectivity index (χ4v) is 5.70. The molecule has 1 atom stereocenters. The summed E-state index contributed by atoms with van der Waals surface area (Å²) in [7, 11) is -0.992. The van der Waals surface area contributed by atoms with Crippen LogP contribution in [-0.2, 0) is 16.4 Å². The number of nitrogens with one attached hydrogen (secondary N) is 1. The van der Waals surface area contributed by atoms with E-state index in [1.54, 1.807) is 0 Å².